The number of rotatable bonds is 3. The van der Waals surface area contributed by atoms with E-state index in [2.05, 4.69) is 16.9 Å². The molecule has 0 spiro atoms. The quantitative estimate of drug-likeness (QED) is 0.822. The standard InChI is InChI=1S/C17H27N5O2/c1-13(2)21-11-14(18-12-21)16(23)22-6-4-5-15(22)17(24)20-9-7-19(3)8-10-20/h11-13,15H,4-10H2,1-3H3. The normalized spacial score (nSPS) is 22.4. The molecule has 7 nitrogen and oxygen atoms in total. The molecule has 1 aromatic rings. The molecular formula is C17H27N5O2. The summed E-state index contributed by atoms with van der Waals surface area (Å²) < 4.78 is 1.92. The summed E-state index contributed by atoms with van der Waals surface area (Å²) in [6, 6.07) is -0.0643. The summed E-state index contributed by atoms with van der Waals surface area (Å²) in [6.07, 6.45) is 5.09. The molecule has 1 aromatic heterocycles. The Morgan fingerprint density at radius 1 is 1.17 bits per heavy atom. The number of likely N-dealkylation sites (tertiary alicyclic amines) is 1. The summed E-state index contributed by atoms with van der Waals surface area (Å²) in [7, 11) is 2.07. The molecular weight excluding hydrogens is 306 g/mol. The van der Waals surface area contributed by atoms with Crippen molar-refractivity contribution in [2.75, 3.05) is 39.8 Å². The largest absolute Gasteiger partial charge is 0.338 e. The van der Waals surface area contributed by atoms with Gasteiger partial charge in [-0.2, -0.15) is 0 Å². The van der Waals surface area contributed by atoms with Crippen LogP contribution in [-0.2, 0) is 4.79 Å². The van der Waals surface area contributed by atoms with Crippen LogP contribution in [0, 0.1) is 0 Å². The predicted molar refractivity (Wildman–Crippen MR) is 90.7 cm³/mol. The molecule has 2 amide bonds. The Hall–Kier alpha value is -1.89. The molecule has 1 atom stereocenters. The molecule has 1 unspecified atom stereocenters. The second kappa shape index (κ2) is 6.93. The fraction of sp³-hybridized carbons (Fsp3) is 0.706. The highest BCUT2D eigenvalue weighted by Crippen LogP contribution is 2.22. The summed E-state index contributed by atoms with van der Waals surface area (Å²) in [5, 5.41) is 0. The van der Waals surface area contributed by atoms with Gasteiger partial charge in [-0.05, 0) is 33.7 Å². The number of likely N-dealkylation sites (N-methyl/N-ethyl adjacent to an activating group) is 1. The predicted octanol–water partition coefficient (Wildman–Crippen LogP) is 0.843. The van der Waals surface area contributed by atoms with Crippen LogP contribution in [0.15, 0.2) is 12.5 Å². The molecule has 0 saturated carbocycles. The molecule has 3 rings (SSSR count). The van der Waals surface area contributed by atoms with E-state index in [0.717, 1.165) is 39.0 Å². The van der Waals surface area contributed by atoms with Gasteiger partial charge in [0.05, 0.1) is 6.33 Å². The average Bonchev–Trinajstić information content (AvgIpc) is 3.24. The molecule has 0 N–H and O–H groups in total. The number of nitrogens with zero attached hydrogens (tertiary/aromatic N) is 5. The second-order valence-corrected chi connectivity index (χ2v) is 7.09. The van der Waals surface area contributed by atoms with Crippen LogP contribution in [0.5, 0.6) is 0 Å². The number of carbonyl (C=O) groups is 2. The number of aromatic nitrogens is 2. The third kappa shape index (κ3) is 3.31. The van der Waals surface area contributed by atoms with E-state index in [1.807, 2.05) is 23.3 Å². The lowest BCUT2D eigenvalue weighted by molar-refractivity contribution is -0.136. The lowest BCUT2D eigenvalue weighted by Gasteiger charge is -2.35. The van der Waals surface area contributed by atoms with Crippen molar-refractivity contribution in [3.63, 3.8) is 0 Å². The lowest BCUT2D eigenvalue weighted by atomic mass is 10.1. The van der Waals surface area contributed by atoms with Gasteiger partial charge in [-0.25, -0.2) is 4.98 Å². The van der Waals surface area contributed by atoms with E-state index < -0.39 is 0 Å². The first kappa shape index (κ1) is 17.0. The minimum Gasteiger partial charge on any atom is -0.338 e. The molecule has 7 heteroatoms. The molecule has 24 heavy (non-hydrogen) atoms. The average molecular weight is 333 g/mol. The minimum absolute atomic E-state index is 0.0947. The number of piperazine rings is 1. The zero-order valence-corrected chi connectivity index (χ0v) is 14.8. The van der Waals surface area contributed by atoms with Crippen molar-refractivity contribution in [3.05, 3.63) is 18.2 Å². The maximum atomic E-state index is 12.9. The van der Waals surface area contributed by atoms with Crippen LogP contribution >= 0.6 is 0 Å². The first-order chi connectivity index (χ1) is 11.5. The van der Waals surface area contributed by atoms with Gasteiger partial charge in [-0.1, -0.05) is 0 Å². The fourth-order valence-corrected chi connectivity index (χ4v) is 3.38. The monoisotopic (exact) mass is 333 g/mol. The number of hydrogen-bond acceptors (Lipinski definition) is 4. The van der Waals surface area contributed by atoms with E-state index in [-0.39, 0.29) is 23.9 Å². The topological polar surface area (TPSA) is 61.7 Å². The summed E-state index contributed by atoms with van der Waals surface area (Å²) in [5.74, 6) is -0.0309. The van der Waals surface area contributed by atoms with Gasteiger partial charge in [-0.3, -0.25) is 9.59 Å². The van der Waals surface area contributed by atoms with Crippen LogP contribution in [0.25, 0.3) is 0 Å². The summed E-state index contributed by atoms with van der Waals surface area (Å²) in [5.41, 5.74) is 0.432. The molecule has 0 radical (unpaired) electrons. The van der Waals surface area contributed by atoms with Crippen molar-refractivity contribution in [2.45, 2.75) is 38.8 Å². The van der Waals surface area contributed by atoms with Crippen LogP contribution in [0.3, 0.4) is 0 Å². The number of carbonyl (C=O) groups excluding carboxylic acids is 2. The van der Waals surface area contributed by atoms with Crippen molar-refractivity contribution in [2.24, 2.45) is 0 Å². The molecule has 2 aliphatic heterocycles. The van der Waals surface area contributed by atoms with E-state index in [1.165, 1.54) is 0 Å². The molecule has 0 aliphatic carbocycles. The summed E-state index contributed by atoms with van der Waals surface area (Å²) in [6.45, 7) is 8.01. The van der Waals surface area contributed by atoms with Crippen molar-refractivity contribution in [3.8, 4) is 0 Å². The van der Waals surface area contributed by atoms with E-state index in [1.54, 1.807) is 17.4 Å². The highest BCUT2D eigenvalue weighted by Gasteiger charge is 2.38. The van der Waals surface area contributed by atoms with Crippen LogP contribution in [0.1, 0.15) is 43.2 Å². The summed E-state index contributed by atoms with van der Waals surface area (Å²) in [4.78, 5) is 35.7. The van der Waals surface area contributed by atoms with Gasteiger partial charge >= 0.3 is 0 Å². The molecule has 0 aromatic carbocycles. The minimum atomic E-state index is -0.329. The fourth-order valence-electron chi connectivity index (χ4n) is 3.38. The molecule has 2 fully saturated rings. The Bertz CT molecular complexity index is 604. The third-order valence-electron chi connectivity index (χ3n) is 5.03. The first-order valence-corrected chi connectivity index (χ1v) is 8.79. The SMILES string of the molecule is CC(C)n1cnc(C(=O)N2CCCC2C(=O)N2CCN(C)CC2)c1. The van der Waals surface area contributed by atoms with Crippen molar-refractivity contribution < 1.29 is 9.59 Å². The maximum absolute atomic E-state index is 12.9. The molecule has 3 heterocycles. The third-order valence-corrected chi connectivity index (χ3v) is 5.03. The Balaban J connectivity index is 1.70. The maximum Gasteiger partial charge on any atom is 0.274 e. The Morgan fingerprint density at radius 2 is 1.88 bits per heavy atom. The second-order valence-electron chi connectivity index (χ2n) is 7.09. The van der Waals surface area contributed by atoms with E-state index in [0.29, 0.717) is 12.2 Å². The van der Waals surface area contributed by atoms with Crippen molar-refractivity contribution in [1.29, 1.82) is 0 Å². The highest BCUT2D eigenvalue weighted by molar-refractivity contribution is 5.96. The Kier molecular flexibility index (Phi) is 4.89. The smallest absolute Gasteiger partial charge is 0.274 e. The van der Waals surface area contributed by atoms with Gasteiger partial charge in [0.25, 0.3) is 5.91 Å². The number of amides is 2. The van der Waals surface area contributed by atoms with E-state index >= 15 is 0 Å². The van der Waals surface area contributed by atoms with Crippen LogP contribution in [0.4, 0.5) is 0 Å². The zero-order valence-electron chi connectivity index (χ0n) is 14.8. The van der Waals surface area contributed by atoms with Gasteiger partial charge in [0.15, 0.2) is 0 Å². The highest BCUT2D eigenvalue weighted by atomic mass is 16.2. The Morgan fingerprint density at radius 3 is 2.50 bits per heavy atom. The van der Waals surface area contributed by atoms with Crippen molar-refractivity contribution >= 4 is 11.8 Å². The van der Waals surface area contributed by atoms with E-state index in [9.17, 15) is 9.59 Å². The van der Waals surface area contributed by atoms with Crippen LogP contribution in [0.2, 0.25) is 0 Å². The first-order valence-electron chi connectivity index (χ1n) is 8.79. The van der Waals surface area contributed by atoms with E-state index in [4.69, 9.17) is 0 Å². The van der Waals surface area contributed by atoms with Crippen LogP contribution < -0.4 is 0 Å². The number of hydrogen-bond donors (Lipinski definition) is 0. The molecule has 2 saturated heterocycles. The summed E-state index contributed by atoms with van der Waals surface area (Å²) >= 11 is 0. The Labute approximate surface area is 143 Å². The lowest BCUT2D eigenvalue weighted by Crippen LogP contribution is -2.53. The van der Waals surface area contributed by atoms with Gasteiger partial charge in [-0.15, -0.1) is 0 Å². The molecule has 2 aliphatic rings. The molecule has 0 bridgehead atoms. The van der Waals surface area contributed by atoms with Crippen molar-refractivity contribution in [1.82, 2.24) is 24.3 Å². The van der Waals surface area contributed by atoms with Crippen LogP contribution in [-0.4, -0.2) is 81.9 Å². The van der Waals surface area contributed by atoms with Gasteiger partial charge in [0.2, 0.25) is 5.91 Å². The zero-order chi connectivity index (χ0) is 17.3. The molecule has 132 valence electrons. The van der Waals surface area contributed by atoms with Gasteiger partial charge in [0.1, 0.15) is 11.7 Å². The van der Waals surface area contributed by atoms with Gasteiger partial charge < -0.3 is 19.3 Å². The number of imidazole rings is 1. The van der Waals surface area contributed by atoms with Gasteiger partial charge in [0, 0.05) is 45.0 Å².